The Hall–Kier alpha value is -1.30. The molecular weight excluding hydrogens is 206 g/mol. The van der Waals surface area contributed by atoms with Crippen molar-refractivity contribution in [2.45, 2.75) is 26.7 Å². The highest BCUT2D eigenvalue weighted by atomic mass is 16.1. The fraction of sp³-hybridized carbons (Fsp3) is 0.800. The van der Waals surface area contributed by atoms with Gasteiger partial charge in [0.05, 0.1) is 13.5 Å². The minimum atomic E-state index is -0.0937. The van der Waals surface area contributed by atoms with E-state index >= 15 is 0 Å². The number of aryl methyl sites for hydroxylation is 1. The largest absolute Gasteiger partial charge is 0.330 e. The van der Waals surface area contributed by atoms with Crippen molar-refractivity contribution in [3.8, 4) is 0 Å². The summed E-state index contributed by atoms with van der Waals surface area (Å²) in [5.74, 6) is 0.940. The highest BCUT2D eigenvalue weighted by molar-refractivity contribution is 5.82. The van der Waals surface area contributed by atoms with Crippen molar-refractivity contribution in [3.05, 3.63) is 5.82 Å². The molecule has 0 bridgehead atoms. The first-order chi connectivity index (χ1) is 7.52. The number of carbonyl (C=O) groups is 1. The van der Waals surface area contributed by atoms with Gasteiger partial charge >= 0.3 is 0 Å². The van der Waals surface area contributed by atoms with E-state index in [-0.39, 0.29) is 18.1 Å². The van der Waals surface area contributed by atoms with Crippen molar-refractivity contribution in [3.63, 3.8) is 0 Å². The van der Waals surface area contributed by atoms with Crippen LogP contribution in [0.25, 0.3) is 0 Å². The van der Waals surface area contributed by atoms with Gasteiger partial charge in [-0.3, -0.25) is 4.79 Å². The van der Waals surface area contributed by atoms with E-state index in [1.54, 1.807) is 7.05 Å². The zero-order valence-electron chi connectivity index (χ0n) is 10.1. The first-order valence-electron chi connectivity index (χ1n) is 5.48. The molecular formula is C10H19N5O. The molecule has 0 spiro atoms. The number of tetrazole rings is 1. The van der Waals surface area contributed by atoms with Crippen LogP contribution >= 0.6 is 0 Å². The summed E-state index contributed by atoms with van der Waals surface area (Å²) in [4.78, 5) is 13.2. The molecule has 0 fully saturated rings. The van der Waals surface area contributed by atoms with E-state index in [0.717, 1.165) is 6.42 Å². The molecule has 0 aliphatic heterocycles. The van der Waals surface area contributed by atoms with Crippen LogP contribution in [0, 0.1) is 11.8 Å². The number of nitrogens with two attached hydrogens (primary N) is 1. The van der Waals surface area contributed by atoms with Gasteiger partial charge < -0.3 is 5.73 Å². The van der Waals surface area contributed by atoms with Crippen LogP contribution in [0.4, 0.5) is 0 Å². The molecule has 0 aliphatic carbocycles. The van der Waals surface area contributed by atoms with Crippen molar-refractivity contribution in [2.75, 3.05) is 6.54 Å². The second-order valence-electron chi connectivity index (χ2n) is 4.40. The average Bonchev–Trinajstić information content (AvgIpc) is 2.60. The van der Waals surface area contributed by atoms with Crippen molar-refractivity contribution in [2.24, 2.45) is 24.6 Å². The molecule has 1 rings (SSSR count). The minimum absolute atomic E-state index is 0.0937. The summed E-state index contributed by atoms with van der Waals surface area (Å²) in [5, 5.41) is 11.5. The van der Waals surface area contributed by atoms with Crippen molar-refractivity contribution in [1.82, 2.24) is 20.2 Å². The van der Waals surface area contributed by atoms with Gasteiger partial charge in [0.1, 0.15) is 5.78 Å². The zero-order chi connectivity index (χ0) is 12.1. The Bertz CT molecular complexity index is 347. The number of Topliss-reactive ketones (excluding diaryl/α,β-unsaturated/α-hetero) is 1. The number of ketones is 1. The van der Waals surface area contributed by atoms with Crippen molar-refractivity contribution >= 4 is 5.78 Å². The lowest BCUT2D eigenvalue weighted by atomic mass is 9.92. The van der Waals surface area contributed by atoms with E-state index in [1.165, 1.54) is 4.80 Å². The molecule has 1 atom stereocenters. The monoisotopic (exact) mass is 225 g/mol. The molecule has 2 N–H and O–H groups in total. The molecule has 0 aliphatic rings. The van der Waals surface area contributed by atoms with Crippen LogP contribution < -0.4 is 5.73 Å². The van der Waals surface area contributed by atoms with E-state index in [2.05, 4.69) is 29.3 Å². The Kier molecular flexibility index (Phi) is 4.54. The van der Waals surface area contributed by atoms with Gasteiger partial charge in [0.15, 0.2) is 5.82 Å². The molecule has 1 heterocycles. The maximum absolute atomic E-state index is 11.9. The third-order valence-electron chi connectivity index (χ3n) is 2.38. The Morgan fingerprint density at radius 2 is 2.19 bits per heavy atom. The zero-order valence-corrected chi connectivity index (χ0v) is 10.1. The quantitative estimate of drug-likeness (QED) is 0.733. The van der Waals surface area contributed by atoms with Gasteiger partial charge in [0.25, 0.3) is 0 Å². The van der Waals surface area contributed by atoms with Gasteiger partial charge in [0.2, 0.25) is 0 Å². The van der Waals surface area contributed by atoms with Gasteiger partial charge in [0, 0.05) is 12.5 Å². The molecule has 6 nitrogen and oxygen atoms in total. The van der Waals surface area contributed by atoms with Gasteiger partial charge in [-0.2, -0.15) is 4.80 Å². The van der Waals surface area contributed by atoms with Crippen LogP contribution in [-0.2, 0) is 18.3 Å². The van der Waals surface area contributed by atoms with E-state index in [1.807, 2.05) is 0 Å². The van der Waals surface area contributed by atoms with Crippen molar-refractivity contribution < 1.29 is 4.79 Å². The first kappa shape index (κ1) is 12.8. The summed E-state index contributed by atoms with van der Waals surface area (Å²) in [6, 6.07) is 0. The average molecular weight is 225 g/mol. The number of nitrogens with zero attached hydrogens (tertiary/aromatic N) is 4. The molecule has 1 aromatic heterocycles. The predicted octanol–water partition coefficient (Wildman–Crippen LogP) is -0.0573. The molecule has 1 aromatic rings. The number of aromatic nitrogens is 4. The van der Waals surface area contributed by atoms with Gasteiger partial charge in [-0.25, -0.2) is 0 Å². The van der Waals surface area contributed by atoms with Crippen LogP contribution in [-0.4, -0.2) is 32.5 Å². The number of carbonyl (C=O) groups excluding carboxylic acids is 1. The molecule has 6 heteroatoms. The fourth-order valence-corrected chi connectivity index (χ4v) is 1.62. The summed E-state index contributed by atoms with van der Waals surface area (Å²) >= 11 is 0. The number of rotatable bonds is 6. The Morgan fingerprint density at radius 1 is 1.50 bits per heavy atom. The normalized spacial score (nSPS) is 13.1. The summed E-state index contributed by atoms with van der Waals surface area (Å²) in [5.41, 5.74) is 5.60. The van der Waals surface area contributed by atoms with Gasteiger partial charge in [-0.05, 0) is 17.6 Å². The van der Waals surface area contributed by atoms with E-state index in [0.29, 0.717) is 18.3 Å². The highest BCUT2D eigenvalue weighted by Crippen LogP contribution is 2.13. The van der Waals surface area contributed by atoms with Gasteiger partial charge in [-0.15, -0.1) is 10.2 Å². The Morgan fingerprint density at radius 3 is 2.62 bits per heavy atom. The van der Waals surface area contributed by atoms with Crippen LogP contribution in [0.1, 0.15) is 26.1 Å². The summed E-state index contributed by atoms with van der Waals surface area (Å²) in [6.45, 7) is 4.55. The molecule has 0 saturated carbocycles. The van der Waals surface area contributed by atoms with Crippen molar-refractivity contribution in [1.29, 1.82) is 0 Å². The summed E-state index contributed by atoms with van der Waals surface area (Å²) in [7, 11) is 1.68. The van der Waals surface area contributed by atoms with Crippen LogP contribution in [0.3, 0.4) is 0 Å². The topological polar surface area (TPSA) is 86.7 Å². The lowest BCUT2D eigenvalue weighted by Crippen LogP contribution is -2.27. The maximum Gasteiger partial charge on any atom is 0.182 e. The van der Waals surface area contributed by atoms with Gasteiger partial charge in [-0.1, -0.05) is 13.8 Å². The fourth-order valence-electron chi connectivity index (χ4n) is 1.62. The lowest BCUT2D eigenvalue weighted by Gasteiger charge is -2.14. The SMILES string of the molecule is CC(C)CC(CN)C(=O)Cc1nnn(C)n1. The third kappa shape index (κ3) is 3.69. The molecule has 0 radical (unpaired) electrons. The minimum Gasteiger partial charge on any atom is -0.330 e. The second kappa shape index (κ2) is 5.69. The molecule has 0 amide bonds. The molecule has 16 heavy (non-hydrogen) atoms. The van der Waals surface area contributed by atoms with Crippen LogP contribution in [0.15, 0.2) is 0 Å². The lowest BCUT2D eigenvalue weighted by molar-refractivity contribution is -0.122. The summed E-state index contributed by atoms with van der Waals surface area (Å²) in [6.07, 6.45) is 1.04. The third-order valence-corrected chi connectivity index (χ3v) is 2.38. The highest BCUT2D eigenvalue weighted by Gasteiger charge is 2.20. The maximum atomic E-state index is 11.9. The molecule has 90 valence electrons. The van der Waals surface area contributed by atoms with Crippen LogP contribution in [0.2, 0.25) is 0 Å². The molecule has 0 aromatic carbocycles. The van der Waals surface area contributed by atoms with Crippen LogP contribution in [0.5, 0.6) is 0 Å². The molecule has 1 unspecified atom stereocenters. The summed E-state index contributed by atoms with van der Waals surface area (Å²) < 4.78 is 0. The second-order valence-corrected chi connectivity index (χ2v) is 4.40. The Balaban J connectivity index is 2.55. The van der Waals surface area contributed by atoms with E-state index in [4.69, 9.17) is 5.73 Å². The standard InChI is InChI=1S/C10H19N5O/c1-7(2)4-8(6-11)9(16)5-10-12-14-15(3)13-10/h7-8H,4-6,11H2,1-3H3. The number of hydrogen-bond acceptors (Lipinski definition) is 5. The Labute approximate surface area is 95.2 Å². The number of hydrogen-bond donors (Lipinski definition) is 1. The first-order valence-corrected chi connectivity index (χ1v) is 5.48. The predicted molar refractivity (Wildman–Crippen MR) is 59.5 cm³/mol. The van der Waals surface area contributed by atoms with E-state index < -0.39 is 0 Å². The molecule has 0 saturated heterocycles. The smallest absolute Gasteiger partial charge is 0.182 e. The van der Waals surface area contributed by atoms with E-state index in [9.17, 15) is 4.79 Å².